The Morgan fingerprint density at radius 1 is 1.31 bits per heavy atom. The normalized spacial score (nSPS) is 19.3. The van der Waals surface area contributed by atoms with Gasteiger partial charge in [0.1, 0.15) is 11.4 Å². The Labute approximate surface area is 189 Å². The first kappa shape index (κ1) is 23.2. The van der Waals surface area contributed by atoms with Gasteiger partial charge in [0.25, 0.3) is 5.56 Å². The van der Waals surface area contributed by atoms with Gasteiger partial charge in [-0.3, -0.25) is 9.36 Å². The van der Waals surface area contributed by atoms with Crippen molar-refractivity contribution in [3.63, 3.8) is 0 Å². The van der Waals surface area contributed by atoms with E-state index in [1.165, 1.54) is 0 Å². The van der Waals surface area contributed by atoms with Crippen LogP contribution in [0.1, 0.15) is 5.69 Å². The van der Waals surface area contributed by atoms with Crippen LogP contribution >= 0.6 is 11.6 Å². The Morgan fingerprint density at radius 2 is 1.85 bits per heavy atom. The summed E-state index contributed by atoms with van der Waals surface area (Å²) in [5.74, 6) is -7.86. The van der Waals surface area contributed by atoms with Gasteiger partial charge in [-0.1, -0.05) is 11.6 Å². The Kier molecular flexibility index (Phi) is 6.86. The SMILES string of the molecule is Cn1c(C(F)(F)F)cc(=O)n(C2=CC(C(=O)[O-])C(Cl)=CC2(F)F)c1=O.[K+]. The molecule has 2 rings (SSSR count). The Balaban J connectivity index is 0.00000338. The number of hydrogen-bond donors (Lipinski definition) is 0. The summed E-state index contributed by atoms with van der Waals surface area (Å²) in [4.78, 5) is 34.8. The van der Waals surface area contributed by atoms with E-state index in [0.29, 0.717) is 7.05 Å². The summed E-state index contributed by atoms with van der Waals surface area (Å²) in [5.41, 5.74) is -6.51. The monoisotopic (exact) mass is 424 g/mol. The van der Waals surface area contributed by atoms with Crippen LogP contribution in [-0.2, 0) is 18.0 Å². The predicted octanol–water partition coefficient (Wildman–Crippen LogP) is -2.45. The second-order valence-corrected chi connectivity index (χ2v) is 5.48. The second kappa shape index (κ2) is 7.68. The minimum absolute atomic E-state index is 0. The number of carboxylic acids is 1. The van der Waals surface area contributed by atoms with Crippen LogP contribution < -0.4 is 67.7 Å². The Morgan fingerprint density at radius 3 is 2.31 bits per heavy atom. The summed E-state index contributed by atoms with van der Waals surface area (Å²) < 4.78 is 66.2. The smallest absolute Gasteiger partial charge is 0.549 e. The fourth-order valence-corrected chi connectivity index (χ4v) is 2.50. The fraction of sp³-hybridized carbons (Fsp3) is 0.308. The Bertz CT molecular complexity index is 932. The summed E-state index contributed by atoms with van der Waals surface area (Å²) in [7, 11) is 0.627. The molecule has 0 fully saturated rings. The molecule has 1 atom stereocenters. The summed E-state index contributed by atoms with van der Waals surface area (Å²) in [6.07, 6.45) is -4.81. The fourth-order valence-electron chi connectivity index (χ4n) is 2.21. The van der Waals surface area contributed by atoms with Crippen LogP contribution in [0.2, 0.25) is 0 Å². The van der Waals surface area contributed by atoms with Gasteiger partial charge in [-0.15, -0.1) is 0 Å². The molecular formula is C13H7ClF5KN2O4. The van der Waals surface area contributed by atoms with E-state index in [-0.39, 0.29) is 78.7 Å². The van der Waals surface area contributed by atoms with Gasteiger partial charge in [0.05, 0.1) is 11.9 Å². The van der Waals surface area contributed by atoms with Gasteiger partial charge in [-0.2, -0.15) is 22.0 Å². The molecule has 0 saturated carbocycles. The number of hydrogen-bond acceptors (Lipinski definition) is 4. The summed E-state index contributed by atoms with van der Waals surface area (Å²) in [5, 5.41) is 10.1. The van der Waals surface area contributed by atoms with Gasteiger partial charge in [-0.05, 0) is 6.08 Å². The first-order chi connectivity index (χ1) is 11.3. The molecule has 1 aromatic rings. The van der Waals surface area contributed by atoms with Crippen molar-refractivity contribution in [3.8, 4) is 0 Å². The zero-order chi connectivity index (χ0) is 19.3. The molecule has 13 heteroatoms. The van der Waals surface area contributed by atoms with E-state index in [2.05, 4.69) is 0 Å². The predicted molar refractivity (Wildman–Crippen MR) is 72.6 cm³/mol. The van der Waals surface area contributed by atoms with Crippen molar-refractivity contribution < 1.29 is 83.2 Å². The number of rotatable bonds is 2. The van der Waals surface area contributed by atoms with Crippen molar-refractivity contribution in [1.82, 2.24) is 9.13 Å². The number of aliphatic carboxylic acids is 1. The van der Waals surface area contributed by atoms with Crippen LogP contribution in [0, 0.1) is 5.92 Å². The zero-order valence-electron chi connectivity index (χ0n) is 13.1. The largest absolute Gasteiger partial charge is 1.00 e. The van der Waals surface area contributed by atoms with Crippen molar-refractivity contribution >= 4 is 23.3 Å². The molecule has 0 aliphatic heterocycles. The number of carbonyl (C=O) groups excluding carboxylic acids is 1. The molecule has 0 amide bonds. The van der Waals surface area contributed by atoms with Crippen molar-refractivity contribution in [1.29, 1.82) is 0 Å². The van der Waals surface area contributed by atoms with Crippen LogP contribution in [0.25, 0.3) is 5.70 Å². The average Bonchev–Trinajstić information content (AvgIpc) is 2.42. The van der Waals surface area contributed by atoms with E-state index < -0.39 is 51.7 Å². The van der Waals surface area contributed by atoms with Crippen molar-refractivity contribution in [2.45, 2.75) is 12.1 Å². The van der Waals surface area contributed by atoms with Crippen LogP contribution in [0.4, 0.5) is 22.0 Å². The number of carbonyl (C=O) groups is 1. The minimum atomic E-state index is -5.08. The maximum absolute atomic E-state index is 14.1. The Hall–Kier alpha value is -0.794. The number of aromatic nitrogens is 2. The van der Waals surface area contributed by atoms with Crippen LogP contribution in [0.5, 0.6) is 0 Å². The molecule has 0 spiro atoms. The summed E-state index contributed by atoms with van der Waals surface area (Å²) >= 11 is 5.41. The van der Waals surface area contributed by atoms with Crippen LogP contribution in [0.3, 0.4) is 0 Å². The zero-order valence-corrected chi connectivity index (χ0v) is 17.0. The first-order valence-corrected chi connectivity index (χ1v) is 6.75. The third kappa shape index (κ3) is 4.20. The minimum Gasteiger partial charge on any atom is -0.549 e. The third-order valence-electron chi connectivity index (χ3n) is 3.39. The standard InChI is InChI=1S/C13H8ClF5N2O4.K/c1-20-8(13(17,18)19)3-9(22)21(11(20)25)7-2-5(10(23)24)6(14)4-12(7,15)16;/h2-5H,1H3,(H,23,24);/q;+1/p-1. The number of nitrogens with zero attached hydrogens (tertiary/aromatic N) is 2. The molecule has 0 N–H and O–H groups in total. The van der Waals surface area contributed by atoms with Crippen molar-refractivity contribution in [2.75, 3.05) is 0 Å². The molecule has 0 aromatic carbocycles. The van der Waals surface area contributed by atoms with E-state index in [0.717, 1.165) is 0 Å². The first-order valence-electron chi connectivity index (χ1n) is 6.37. The number of carboxylic acid groups (broad SMARTS) is 1. The maximum Gasteiger partial charge on any atom is 1.00 e. The van der Waals surface area contributed by atoms with Crippen molar-refractivity contribution in [2.24, 2.45) is 13.0 Å². The molecule has 1 unspecified atom stereocenters. The molecule has 0 saturated heterocycles. The number of halogens is 6. The van der Waals surface area contributed by atoms with E-state index in [9.17, 15) is 41.4 Å². The van der Waals surface area contributed by atoms with Gasteiger partial charge in [0, 0.05) is 24.2 Å². The number of allylic oxidation sites excluding steroid dienone is 2. The van der Waals surface area contributed by atoms with Gasteiger partial charge >= 0.3 is 69.2 Å². The molecule has 1 aliphatic carbocycles. The van der Waals surface area contributed by atoms with Gasteiger partial charge < -0.3 is 9.90 Å². The van der Waals surface area contributed by atoms with E-state index in [1.807, 2.05) is 0 Å². The van der Waals surface area contributed by atoms with Gasteiger partial charge in [-0.25, -0.2) is 9.36 Å². The molecule has 0 radical (unpaired) electrons. The van der Waals surface area contributed by atoms with E-state index >= 15 is 0 Å². The van der Waals surface area contributed by atoms with Gasteiger partial charge in [0.15, 0.2) is 0 Å². The average molecular weight is 425 g/mol. The molecule has 1 aromatic heterocycles. The number of alkyl halides is 5. The maximum atomic E-state index is 14.1. The molecule has 26 heavy (non-hydrogen) atoms. The van der Waals surface area contributed by atoms with Crippen molar-refractivity contribution in [3.05, 3.63) is 49.8 Å². The van der Waals surface area contributed by atoms with E-state index in [1.54, 1.807) is 0 Å². The van der Waals surface area contributed by atoms with E-state index in [4.69, 9.17) is 11.6 Å². The summed E-state index contributed by atoms with van der Waals surface area (Å²) in [6, 6.07) is -0.0493. The molecule has 6 nitrogen and oxygen atoms in total. The second-order valence-electron chi connectivity index (χ2n) is 5.04. The molecule has 1 heterocycles. The third-order valence-corrected chi connectivity index (χ3v) is 3.73. The molecule has 136 valence electrons. The molecule has 1 aliphatic rings. The topological polar surface area (TPSA) is 84.1 Å². The molecular weight excluding hydrogens is 418 g/mol. The summed E-state index contributed by atoms with van der Waals surface area (Å²) in [6.45, 7) is 0. The quantitative estimate of drug-likeness (QED) is 0.390. The molecule has 0 bridgehead atoms. The van der Waals surface area contributed by atoms with Crippen LogP contribution in [-0.4, -0.2) is 21.0 Å². The van der Waals surface area contributed by atoms with Crippen LogP contribution in [0.15, 0.2) is 32.8 Å². The van der Waals surface area contributed by atoms with Gasteiger partial charge in [0.2, 0.25) is 0 Å².